The molecule has 0 bridgehead atoms. The smallest absolute Gasteiger partial charge is 0.276 e. The fourth-order valence-corrected chi connectivity index (χ4v) is 2.51. The quantitative estimate of drug-likeness (QED) is 0.909. The summed E-state index contributed by atoms with van der Waals surface area (Å²) in [5.74, 6) is 1.01. The third-order valence-corrected chi connectivity index (χ3v) is 3.64. The van der Waals surface area contributed by atoms with Gasteiger partial charge in [0.25, 0.3) is 5.89 Å². The Kier molecular flexibility index (Phi) is 2.94. The van der Waals surface area contributed by atoms with Crippen LogP contribution in [0.2, 0.25) is 0 Å². The fourth-order valence-electron chi connectivity index (χ4n) is 2.51. The van der Waals surface area contributed by atoms with Crippen LogP contribution in [0.25, 0.3) is 11.6 Å². The van der Waals surface area contributed by atoms with Crippen molar-refractivity contribution in [2.75, 3.05) is 12.8 Å². The summed E-state index contributed by atoms with van der Waals surface area (Å²) in [4.78, 5) is 8.60. The zero-order valence-electron chi connectivity index (χ0n) is 10.8. The highest BCUT2D eigenvalue weighted by Gasteiger charge is 2.40. The van der Waals surface area contributed by atoms with Crippen molar-refractivity contribution in [1.29, 1.82) is 0 Å². The Balaban J connectivity index is 1.92. The molecule has 0 radical (unpaired) electrons. The molecule has 6 heteroatoms. The summed E-state index contributed by atoms with van der Waals surface area (Å²) in [7, 11) is 1.70. The van der Waals surface area contributed by atoms with Gasteiger partial charge in [-0.3, -0.25) is 0 Å². The number of pyridine rings is 1. The van der Waals surface area contributed by atoms with E-state index in [1.165, 1.54) is 0 Å². The van der Waals surface area contributed by atoms with Crippen LogP contribution in [0.4, 0.5) is 5.69 Å². The minimum atomic E-state index is -0.393. The topological polar surface area (TPSA) is 87.1 Å². The Morgan fingerprint density at radius 1 is 1.32 bits per heavy atom. The number of hydrogen-bond acceptors (Lipinski definition) is 6. The Morgan fingerprint density at radius 2 is 2.11 bits per heavy atom. The molecule has 0 atom stereocenters. The van der Waals surface area contributed by atoms with Crippen molar-refractivity contribution < 1.29 is 9.26 Å². The zero-order chi connectivity index (χ0) is 13.3. The molecule has 0 aromatic carbocycles. The van der Waals surface area contributed by atoms with E-state index in [0.29, 0.717) is 23.1 Å². The molecule has 6 nitrogen and oxygen atoms in total. The Bertz CT molecular complexity index is 558. The summed E-state index contributed by atoms with van der Waals surface area (Å²) in [5, 5.41) is 4.06. The van der Waals surface area contributed by atoms with Gasteiger partial charge in [0.05, 0.1) is 11.9 Å². The average Bonchev–Trinajstić information content (AvgIpc) is 3.09. The van der Waals surface area contributed by atoms with E-state index in [1.807, 2.05) is 0 Å². The molecule has 2 aromatic rings. The van der Waals surface area contributed by atoms with Crippen molar-refractivity contribution in [3.05, 3.63) is 24.2 Å². The number of nitrogen functional groups attached to an aromatic ring is 1. The summed E-state index contributed by atoms with van der Waals surface area (Å²) in [6.45, 7) is 0. The summed E-state index contributed by atoms with van der Waals surface area (Å²) in [5.41, 5.74) is 6.44. The van der Waals surface area contributed by atoms with Crippen LogP contribution >= 0.6 is 0 Å². The maximum Gasteiger partial charge on any atom is 0.276 e. The average molecular weight is 260 g/mol. The maximum atomic E-state index is 5.63. The van der Waals surface area contributed by atoms with E-state index in [9.17, 15) is 0 Å². The largest absolute Gasteiger partial charge is 0.397 e. The first-order valence-electron chi connectivity index (χ1n) is 6.35. The molecular weight excluding hydrogens is 244 g/mol. The van der Waals surface area contributed by atoms with Crippen LogP contribution in [-0.2, 0) is 10.3 Å². The Labute approximate surface area is 111 Å². The van der Waals surface area contributed by atoms with Crippen molar-refractivity contribution in [3.8, 4) is 11.6 Å². The van der Waals surface area contributed by atoms with Gasteiger partial charge in [-0.2, -0.15) is 4.98 Å². The number of hydrogen-bond donors (Lipinski definition) is 1. The van der Waals surface area contributed by atoms with Gasteiger partial charge in [0.2, 0.25) is 5.82 Å². The third-order valence-electron chi connectivity index (χ3n) is 3.64. The monoisotopic (exact) mass is 260 g/mol. The van der Waals surface area contributed by atoms with Crippen LogP contribution in [0, 0.1) is 0 Å². The number of rotatable bonds is 3. The van der Waals surface area contributed by atoms with Crippen LogP contribution in [0.3, 0.4) is 0 Å². The van der Waals surface area contributed by atoms with Crippen molar-refractivity contribution in [2.24, 2.45) is 0 Å². The normalized spacial score (nSPS) is 17.7. The van der Waals surface area contributed by atoms with Gasteiger partial charge in [0.1, 0.15) is 11.3 Å². The van der Waals surface area contributed by atoms with Gasteiger partial charge >= 0.3 is 0 Å². The number of ether oxygens (including phenoxy) is 1. The van der Waals surface area contributed by atoms with Gasteiger partial charge in [-0.05, 0) is 37.8 Å². The van der Waals surface area contributed by atoms with E-state index in [-0.39, 0.29) is 0 Å². The van der Waals surface area contributed by atoms with Crippen molar-refractivity contribution in [3.63, 3.8) is 0 Å². The van der Waals surface area contributed by atoms with E-state index < -0.39 is 5.60 Å². The number of nitrogens with zero attached hydrogens (tertiary/aromatic N) is 3. The predicted octanol–water partition coefficient (Wildman–Crippen LogP) is 2.13. The molecule has 2 N–H and O–H groups in total. The minimum Gasteiger partial charge on any atom is -0.397 e. The minimum absolute atomic E-state index is 0.393. The Hall–Kier alpha value is -1.95. The number of anilines is 1. The number of aromatic nitrogens is 3. The summed E-state index contributed by atoms with van der Waals surface area (Å²) < 4.78 is 10.9. The molecule has 1 fully saturated rings. The first kappa shape index (κ1) is 12.1. The molecule has 1 saturated carbocycles. The zero-order valence-corrected chi connectivity index (χ0v) is 10.8. The van der Waals surface area contributed by atoms with Crippen molar-refractivity contribution in [2.45, 2.75) is 31.3 Å². The lowest BCUT2D eigenvalue weighted by molar-refractivity contribution is -0.0178. The van der Waals surface area contributed by atoms with E-state index in [1.54, 1.807) is 25.4 Å². The van der Waals surface area contributed by atoms with Gasteiger partial charge in [0.15, 0.2) is 0 Å². The van der Waals surface area contributed by atoms with Gasteiger partial charge in [-0.25, -0.2) is 4.98 Å². The SMILES string of the molecule is COC1(c2noc(-c3ccc(N)cn3)n2)CCCC1. The lowest BCUT2D eigenvalue weighted by Gasteiger charge is -2.22. The van der Waals surface area contributed by atoms with E-state index >= 15 is 0 Å². The lowest BCUT2D eigenvalue weighted by Crippen LogP contribution is -2.25. The van der Waals surface area contributed by atoms with Crippen LogP contribution in [-0.4, -0.2) is 22.2 Å². The fraction of sp³-hybridized carbons (Fsp3) is 0.462. The first-order chi connectivity index (χ1) is 9.23. The highest BCUT2D eigenvalue weighted by atomic mass is 16.5. The van der Waals surface area contributed by atoms with Crippen molar-refractivity contribution >= 4 is 5.69 Å². The molecule has 19 heavy (non-hydrogen) atoms. The highest BCUT2D eigenvalue weighted by Crippen LogP contribution is 2.40. The predicted molar refractivity (Wildman–Crippen MR) is 69.1 cm³/mol. The van der Waals surface area contributed by atoms with Crippen LogP contribution < -0.4 is 5.73 Å². The lowest BCUT2D eigenvalue weighted by atomic mass is 10.0. The Morgan fingerprint density at radius 3 is 2.74 bits per heavy atom. The van der Waals surface area contributed by atoms with Crippen LogP contribution in [0.15, 0.2) is 22.9 Å². The molecule has 0 aliphatic heterocycles. The van der Waals surface area contributed by atoms with E-state index in [4.69, 9.17) is 15.0 Å². The molecule has 3 rings (SSSR count). The molecule has 1 aliphatic rings. The molecule has 2 heterocycles. The van der Waals surface area contributed by atoms with E-state index in [0.717, 1.165) is 25.7 Å². The molecule has 0 unspecified atom stereocenters. The molecule has 100 valence electrons. The number of methoxy groups -OCH3 is 1. The van der Waals surface area contributed by atoms with E-state index in [2.05, 4.69) is 15.1 Å². The maximum absolute atomic E-state index is 5.63. The van der Waals surface area contributed by atoms with Gasteiger partial charge < -0.3 is 15.0 Å². The van der Waals surface area contributed by atoms with Gasteiger partial charge in [-0.15, -0.1) is 0 Å². The molecule has 0 saturated heterocycles. The molecule has 0 spiro atoms. The van der Waals surface area contributed by atoms with Crippen molar-refractivity contribution in [1.82, 2.24) is 15.1 Å². The summed E-state index contributed by atoms with van der Waals surface area (Å²) >= 11 is 0. The second-order valence-corrected chi connectivity index (χ2v) is 4.81. The van der Waals surface area contributed by atoms with Gasteiger partial charge in [-0.1, -0.05) is 5.16 Å². The second-order valence-electron chi connectivity index (χ2n) is 4.81. The van der Waals surface area contributed by atoms with Crippen LogP contribution in [0.5, 0.6) is 0 Å². The standard InChI is InChI=1S/C13H16N4O2/c1-18-13(6-2-3-7-13)12-16-11(19-17-12)10-5-4-9(14)8-15-10/h4-5,8H,2-3,6-7,14H2,1H3. The van der Waals surface area contributed by atoms with Crippen LogP contribution in [0.1, 0.15) is 31.5 Å². The summed E-state index contributed by atoms with van der Waals surface area (Å²) in [6.07, 6.45) is 5.67. The molecule has 0 amide bonds. The first-order valence-corrected chi connectivity index (χ1v) is 6.35. The molecule has 1 aliphatic carbocycles. The molecular formula is C13H16N4O2. The highest BCUT2D eigenvalue weighted by molar-refractivity contribution is 5.50. The van der Waals surface area contributed by atoms with Gasteiger partial charge in [0, 0.05) is 7.11 Å². The third kappa shape index (κ3) is 2.08. The molecule has 2 aromatic heterocycles. The second kappa shape index (κ2) is 4.62. The summed E-state index contributed by atoms with van der Waals surface area (Å²) in [6, 6.07) is 3.52. The number of nitrogens with two attached hydrogens (primary N) is 1.